The van der Waals surface area contributed by atoms with Crippen LogP contribution in [0, 0.1) is 20.8 Å². The molecule has 0 radical (unpaired) electrons. The summed E-state index contributed by atoms with van der Waals surface area (Å²) in [4.78, 5) is 24.3. The van der Waals surface area contributed by atoms with Gasteiger partial charge in [0.1, 0.15) is 0 Å². The van der Waals surface area contributed by atoms with E-state index in [1.165, 1.54) is 0 Å². The van der Waals surface area contributed by atoms with Gasteiger partial charge in [0, 0.05) is 22.8 Å². The Balaban J connectivity index is 1.65. The van der Waals surface area contributed by atoms with Crippen LogP contribution in [0.25, 0.3) is 5.69 Å². The summed E-state index contributed by atoms with van der Waals surface area (Å²) in [7, 11) is 0. The van der Waals surface area contributed by atoms with E-state index in [-0.39, 0.29) is 12.5 Å². The van der Waals surface area contributed by atoms with Gasteiger partial charge in [-0.25, -0.2) is 4.79 Å². The lowest BCUT2D eigenvalue weighted by Gasteiger charge is -2.11. The first kappa shape index (κ1) is 18.5. The first-order valence-electron chi connectivity index (χ1n) is 8.73. The topological polar surface area (TPSA) is 60.3 Å². The molecule has 0 bridgehead atoms. The van der Waals surface area contributed by atoms with E-state index in [9.17, 15) is 9.59 Å². The summed E-state index contributed by atoms with van der Waals surface area (Å²) in [5.74, 6) is -0.902. The maximum Gasteiger partial charge on any atom is 0.338 e. The average molecular weight is 362 g/mol. The number of carbonyl (C=O) groups is 2. The Labute approximate surface area is 158 Å². The first-order valence-corrected chi connectivity index (χ1v) is 8.73. The Hall–Kier alpha value is -3.34. The Morgan fingerprint density at radius 1 is 0.926 bits per heavy atom. The number of aryl methyl sites for hydroxylation is 3. The van der Waals surface area contributed by atoms with E-state index in [4.69, 9.17) is 4.74 Å². The summed E-state index contributed by atoms with van der Waals surface area (Å²) in [6.45, 7) is 5.62. The Morgan fingerprint density at radius 3 is 2.33 bits per heavy atom. The number of nitrogens with zero attached hydrogens (tertiary/aromatic N) is 1. The van der Waals surface area contributed by atoms with E-state index in [1.807, 2.05) is 57.2 Å². The summed E-state index contributed by atoms with van der Waals surface area (Å²) < 4.78 is 7.22. The fourth-order valence-corrected chi connectivity index (χ4v) is 2.98. The van der Waals surface area contributed by atoms with Gasteiger partial charge in [-0.1, -0.05) is 18.2 Å². The van der Waals surface area contributed by atoms with Gasteiger partial charge in [0.15, 0.2) is 6.61 Å². The number of esters is 1. The van der Waals surface area contributed by atoms with Crippen LogP contribution in [-0.4, -0.2) is 23.1 Å². The Kier molecular flexibility index (Phi) is 5.41. The van der Waals surface area contributed by atoms with Crippen molar-refractivity contribution in [1.29, 1.82) is 0 Å². The number of amides is 1. The molecule has 1 heterocycles. The zero-order valence-electron chi connectivity index (χ0n) is 15.7. The van der Waals surface area contributed by atoms with Crippen LogP contribution in [0.4, 0.5) is 5.69 Å². The van der Waals surface area contributed by atoms with Crippen molar-refractivity contribution in [3.05, 3.63) is 83.2 Å². The molecule has 138 valence electrons. The zero-order chi connectivity index (χ0) is 19.4. The number of carbonyl (C=O) groups excluding carboxylic acids is 2. The van der Waals surface area contributed by atoms with E-state index in [0.29, 0.717) is 11.3 Å². The molecule has 0 saturated heterocycles. The number of rotatable bonds is 5. The molecule has 3 rings (SSSR count). The van der Waals surface area contributed by atoms with Crippen LogP contribution in [0.3, 0.4) is 0 Å². The molecule has 5 heteroatoms. The third kappa shape index (κ3) is 4.44. The fourth-order valence-electron chi connectivity index (χ4n) is 2.98. The van der Waals surface area contributed by atoms with E-state index in [1.54, 1.807) is 24.3 Å². The van der Waals surface area contributed by atoms with Crippen LogP contribution in [0.1, 0.15) is 27.3 Å². The second kappa shape index (κ2) is 7.91. The maximum absolute atomic E-state index is 12.3. The molecule has 0 fully saturated rings. The monoisotopic (exact) mass is 362 g/mol. The number of hydrogen-bond donors (Lipinski definition) is 1. The predicted molar refractivity (Wildman–Crippen MR) is 105 cm³/mol. The quantitative estimate of drug-likeness (QED) is 0.692. The molecule has 0 spiro atoms. The SMILES string of the molecule is Cc1cccc(NC(=O)COC(=O)c2cccc(-n3c(C)ccc3C)c2)c1. The van der Waals surface area contributed by atoms with Crippen molar-refractivity contribution in [3.8, 4) is 5.69 Å². The van der Waals surface area contributed by atoms with Crippen molar-refractivity contribution < 1.29 is 14.3 Å². The van der Waals surface area contributed by atoms with E-state index >= 15 is 0 Å². The van der Waals surface area contributed by atoms with Gasteiger partial charge >= 0.3 is 5.97 Å². The lowest BCUT2D eigenvalue weighted by molar-refractivity contribution is -0.119. The van der Waals surface area contributed by atoms with Gasteiger partial charge in [-0.05, 0) is 68.8 Å². The lowest BCUT2D eigenvalue weighted by Crippen LogP contribution is -2.21. The number of nitrogens with one attached hydrogen (secondary N) is 1. The molecule has 1 amide bonds. The summed E-state index contributed by atoms with van der Waals surface area (Å²) in [5.41, 5.74) is 5.16. The van der Waals surface area contributed by atoms with Crippen molar-refractivity contribution in [3.63, 3.8) is 0 Å². The van der Waals surface area contributed by atoms with Gasteiger partial charge in [0.2, 0.25) is 0 Å². The lowest BCUT2D eigenvalue weighted by atomic mass is 10.2. The molecule has 0 saturated carbocycles. The summed E-state index contributed by atoms with van der Waals surface area (Å²) in [5, 5.41) is 2.72. The highest BCUT2D eigenvalue weighted by Crippen LogP contribution is 2.18. The Morgan fingerprint density at radius 2 is 1.63 bits per heavy atom. The number of hydrogen-bond acceptors (Lipinski definition) is 3. The van der Waals surface area contributed by atoms with Crippen LogP contribution in [0.5, 0.6) is 0 Å². The van der Waals surface area contributed by atoms with Crippen molar-refractivity contribution in [1.82, 2.24) is 4.57 Å². The minimum absolute atomic E-state index is 0.335. The highest BCUT2D eigenvalue weighted by atomic mass is 16.5. The smallest absolute Gasteiger partial charge is 0.338 e. The molecule has 0 unspecified atom stereocenters. The molecule has 3 aromatic rings. The van der Waals surface area contributed by atoms with Gasteiger partial charge in [-0.3, -0.25) is 4.79 Å². The van der Waals surface area contributed by atoms with Crippen molar-refractivity contribution in [2.75, 3.05) is 11.9 Å². The summed E-state index contributed by atoms with van der Waals surface area (Å²) in [6.07, 6.45) is 0. The van der Waals surface area contributed by atoms with Gasteiger partial charge in [-0.2, -0.15) is 0 Å². The van der Waals surface area contributed by atoms with Crippen molar-refractivity contribution >= 4 is 17.6 Å². The van der Waals surface area contributed by atoms with Crippen molar-refractivity contribution in [2.24, 2.45) is 0 Å². The predicted octanol–water partition coefficient (Wildman–Crippen LogP) is 4.20. The standard InChI is InChI=1S/C22H22N2O3/c1-15-6-4-8-19(12-15)23-21(25)14-27-22(26)18-7-5-9-20(13-18)24-16(2)10-11-17(24)3/h4-13H,14H2,1-3H3,(H,23,25). The maximum atomic E-state index is 12.3. The molecule has 0 aliphatic carbocycles. The highest BCUT2D eigenvalue weighted by molar-refractivity contribution is 5.95. The third-order valence-corrected chi connectivity index (χ3v) is 4.25. The van der Waals surface area contributed by atoms with Gasteiger partial charge < -0.3 is 14.6 Å². The molecule has 0 aliphatic heterocycles. The molecular weight excluding hydrogens is 340 g/mol. The zero-order valence-corrected chi connectivity index (χ0v) is 15.7. The summed E-state index contributed by atoms with van der Waals surface area (Å²) >= 11 is 0. The molecule has 0 atom stereocenters. The second-order valence-electron chi connectivity index (χ2n) is 6.50. The van der Waals surface area contributed by atoms with E-state index in [0.717, 1.165) is 22.6 Å². The molecule has 1 N–H and O–H groups in total. The number of benzene rings is 2. The molecule has 27 heavy (non-hydrogen) atoms. The largest absolute Gasteiger partial charge is 0.452 e. The summed E-state index contributed by atoms with van der Waals surface area (Å²) in [6, 6.07) is 18.7. The van der Waals surface area contributed by atoms with Crippen LogP contribution < -0.4 is 5.32 Å². The second-order valence-corrected chi connectivity index (χ2v) is 6.50. The first-order chi connectivity index (χ1) is 12.9. The minimum atomic E-state index is -0.529. The van der Waals surface area contributed by atoms with Crippen molar-refractivity contribution in [2.45, 2.75) is 20.8 Å². The highest BCUT2D eigenvalue weighted by Gasteiger charge is 2.12. The fraction of sp³-hybridized carbons (Fsp3) is 0.182. The molecular formula is C22H22N2O3. The van der Waals surface area contributed by atoms with Gasteiger partial charge in [0.25, 0.3) is 5.91 Å². The number of aromatic nitrogens is 1. The van der Waals surface area contributed by atoms with Crippen LogP contribution >= 0.6 is 0 Å². The van der Waals surface area contributed by atoms with E-state index in [2.05, 4.69) is 9.88 Å². The Bertz CT molecular complexity index is 969. The number of anilines is 1. The van der Waals surface area contributed by atoms with Crippen LogP contribution in [0.15, 0.2) is 60.7 Å². The number of ether oxygens (including phenoxy) is 1. The average Bonchev–Trinajstić information content (AvgIpc) is 2.98. The molecule has 2 aromatic carbocycles. The minimum Gasteiger partial charge on any atom is -0.452 e. The van der Waals surface area contributed by atoms with Gasteiger partial charge in [-0.15, -0.1) is 0 Å². The molecule has 1 aromatic heterocycles. The van der Waals surface area contributed by atoms with Crippen LogP contribution in [0.2, 0.25) is 0 Å². The molecule has 5 nitrogen and oxygen atoms in total. The van der Waals surface area contributed by atoms with Gasteiger partial charge in [0.05, 0.1) is 5.56 Å². The third-order valence-electron chi connectivity index (χ3n) is 4.25. The van der Waals surface area contributed by atoms with E-state index < -0.39 is 5.97 Å². The molecule has 0 aliphatic rings. The normalized spacial score (nSPS) is 10.5. The van der Waals surface area contributed by atoms with Crippen LogP contribution in [-0.2, 0) is 9.53 Å².